The predicted molar refractivity (Wildman–Crippen MR) is 50.2 cm³/mol. The van der Waals surface area contributed by atoms with Crippen molar-refractivity contribution in [2.75, 3.05) is 20.8 Å². The number of ether oxygens (including phenoxy) is 3. The highest BCUT2D eigenvalue weighted by atomic mass is 16.7. The summed E-state index contributed by atoms with van der Waals surface area (Å²) in [6.45, 7) is 1.76. The lowest BCUT2D eigenvalue weighted by atomic mass is 10.1. The number of hydrogen-bond donors (Lipinski definition) is 1. The van der Waals surface area contributed by atoms with E-state index in [0.29, 0.717) is 0 Å². The summed E-state index contributed by atoms with van der Waals surface area (Å²) in [6, 6.07) is 0. The smallest absolute Gasteiger partial charge is 0.320 e. The van der Waals surface area contributed by atoms with Gasteiger partial charge in [-0.1, -0.05) is 0 Å². The Bertz CT molecular complexity index is 211. The van der Waals surface area contributed by atoms with Gasteiger partial charge in [-0.25, -0.2) is 0 Å². The number of carboxylic acid groups (broad SMARTS) is 1. The molecule has 0 aliphatic heterocycles. The van der Waals surface area contributed by atoms with Crippen LogP contribution in [0.5, 0.6) is 0 Å². The van der Waals surface area contributed by atoms with Crippen molar-refractivity contribution in [3.8, 4) is 0 Å². The van der Waals surface area contributed by atoms with E-state index in [9.17, 15) is 9.59 Å². The molecule has 0 heterocycles. The van der Waals surface area contributed by atoms with Crippen LogP contribution in [-0.2, 0) is 23.8 Å². The van der Waals surface area contributed by atoms with Crippen LogP contribution in [0.3, 0.4) is 0 Å². The van der Waals surface area contributed by atoms with E-state index in [4.69, 9.17) is 14.6 Å². The van der Waals surface area contributed by atoms with Crippen molar-refractivity contribution in [3.05, 3.63) is 0 Å². The first-order chi connectivity index (χ1) is 7.06. The zero-order valence-electron chi connectivity index (χ0n) is 9.06. The summed E-state index contributed by atoms with van der Waals surface area (Å²) >= 11 is 0. The lowest BCUT2D eigenvalue weighted by Gasteiger charge is -2.17. The second-order valence-electron chi connectivity index (χ2n) is 2.78. The quantitative estimate of drug-likeness (QED) is 0.376. The first-order valence-electron chi connectivity index (χ1n) is 4.51. The van der Waals surface area contributed by atoms with Crippen LogP contribution in [0.15, 0.2) is 0 Å². The standard InChI is InChI=1S/C9H16O6/c1-4-15-9(12)6(8(10)11)5-7(13-2)14-3/h6-7H,4-5H2,1-3H3,(H,10,11). The predicted octanol–water partition coefficient (Wildman–Crippen LogP) is 0.259. The Hall–Kier alpha value is -1.14. The number of carbonyl (C=O) groups is 2. The van der Waals surface area contributed by atoms with E-state index in [-0.39, 0.29) is 13.0 Å². The molecular formula is C9H16O6. The number of rotatable bonds is 7. The Balaban J connectivity index is 4.39. The van der Waals surface area contributed by atoms with Crippen molar-refractivity contribution in [3.63, 3.8) is 0 Å². The van der Waals surface area contributed by atoms with Gasteiger partial charge >= 0.3 is 11.9 Å². The molecule has 0 fully saturated rings. The Morgan fingerprint density at radius 3 is 2.13 bits per heavy atom. The summed E-state index contributed by atoms with van der Waals surface area (Å²) < 4.78 is 14.3. The van der Waals surface area contributed by atoms with Gasteiger partial charge in [0.25, 0.3) is 0 Å². The van der Waals surface area contributed by atoms with Crippen molar-refractivity contribution in [1.82, 2.24) is 0 Å². The fraction of sp³-hybridized carbons (Fsp3) is 0.778. The largest absolute Gasteiger partial charge is 0.481 e. The maximum Gasteiger partial charge on any atom is 0.320 e. The molecule has 15 heavy (non-hydrogen) atoms. The molecule has 0 saturated carbocycles. The normalized spacial score (nSPS) is 12.5. The fourth-order valence-electron chi connectivity index (χ4n) is 1.02. The minimum absolute atomic E-state index is 0.0683. The molecule has 0 amide bonds. The molecule has 88 valence electrons. The molecule has 0 radical (unpaired) electrons. The zero-order valence-corrected chi connectivity index (χ0v) is 9.06. The van der Waals surface area contributed by atoms with Crippen molar-refractivity contribution >= 4 is 11.9 Å². The summed E-state index contributed by atoms with van der Waals surface area (Å²) in [5.41, 5.74) is 0. The molecule has 1 unspecified atom stereocenters. The summed E-state index contributed by atoms with van der Waals surface area (Å²) in [5.74, 6) is -3.27. The summed E-state index contributed by atoms with van der Waals surface area (Å²) in [5, 5.41) is 8.80. The van der Waals surface area contributed by atoms with E-state index in [2.05, 4.69) is 4.74 Å². The molecule has 0 rings (SSSR count). The van der Waals surface area contributed by atoms with Gasteiger partial charge in [0.1, 0.15) is 0 Å². The Labute approximate surface area is 88.1 Å². The molecule has 6 heteroatoms. The first-order valence-corrected chi connectivity index (χ1v) is 4.51. The second-order valence-corrected chi connectivity index (χ2v) is 2.78. The highest BCUT2D eigenvalue weighted by molar-refractivity contribution is 5.93. The van der Waals surface area contributed by atoms with E-state index in [1.165, 1.54) is 14.2 Å². The van der Waals surface area contributed by atoms with E-state index in [1.54, 1.807) is 6.92 Å². The summed E-state index contributed by atoms with van der Waals surface area (Å²) in [4.78, 5) is 22.0. The zero-order chi connectivity index (χ0) is 11.8. The number of esters is 1. The SMILES string of the molecule is CCOC(=O)C(CC(OC)OC)C(=O)O. The second kappa shape index (κ2) is 7.19. The summed E-state index contributed by atoms with van der Waals surface area (Å²) in [7, 11) is 2.75. The van der Waals surface area contributed by atoms with Crippen molar-refractivity contribution in [2.24, 2.45) is 5.92 Å². The Kier molecular flexibility index (Phi) is 6.64. The molecule has 0 spiro atoms. The van der Waals surface area contributed by atoms with Gasteiger partial charge in [0.05, 0.1) is 6.61 Å². The number of carbonyl (C=O) groups excluding carboxylic acids is 1. The van der Waals surface area contributed by atoms with E-state index >= 15 is 0 Å². The minimum atomic E-state index is -1.25. The van der Waals surface area contributed by atoms with Crippen molar-refractivity contribution in [1.29, 1.82) is 0 Å². The number of aliphatic carboxylic acids is 1. The highest BCUT2D eigenvalue weighted by Gasteiger charge is 2.30. The van der Waals surface area contributed by atoms with E-state index < -0.39 is 24.1 Å². The first kappa shape index (κ1) is 13.9. The van der Waals surface area contributed by atoms with Crippen LogP contribution in [0.4, 0.5) is 0 Å². The Morgan fingerprint density at radius 2 is 1.80 bits per heavy atom. The molecule has 0 aromatic carbocycles. The van der Waals surface area contributed by atoms with Gasteiger partial charge in [0.2, 0.25) is 0 Å². The van der Waals surface area contributed by atoms with Gasteiger partial charge in [0, 0.05) is 20.6 Å². The molecule has 0 aromatic rings. The van der Waals surface area contributed by atoms with Crippen LogP contribution in [0.25, 0.3) is 0 Å². The van der Waals surface area contributed by atoms with Crippen LogP contribution >= 0.6 is 0 Å². The molecule has 1 atom stereocenters. The van der Waals surface area contributed by atoms with E-state index in [0.717, 1.165) is 0 Å². The lowest BCUT2D eigenvalue weighted by Crippen LogP contribution is -2.31. The van der Waals surface area contributed by atoms with Crippen LogP contribution in [0.1, 0.15) is 13.3 Å². The summed E-state index contributed by atoms with van der Waals surface area (Å²) in [6.07, 6.45) is -0.795. The molecule has 0 aromatic heterocycles. The van der Waals surface area contributed by atoms with Gasteiger partial charge in [-0.05, 0) is 6.92 Å². The Morgan fingerprint density at radius 1 is 1.27 bits per heavy atom. The van der Waals surface area contributed by atoms with Gasteiger partial charge in [0.15, 0.2) is 12.2 Å². The van der Waals surface area contributed by atoms with E-state index in [1.807, 2.05) is 0 Å². The minimum Gasteiger partial charge on any atom is -0.481 e. The van der Waals surface area contributed by atoms with Crippen LogP contribution in [0, 0.1) is 5.92 Å². The maximum absolute atomic E-state index is 11.2. The number of carboxylic acids is 1. The molecular weight excluding hydrogens is 204 g/mol. The molecule has 0 aliphatic carbocycles. The van der Waals surface area contributed by atoms with Gasteiger partial charge in [-0.15, -0.1) is 0 Å². The van der Waals surface area contributed by atoms with Crippen molar-refractivity contribution < 1.29 is 28.9 Å². The fourth-order valence-corrected chi connectivity index (χ4v) is 1.02. The van der Waals surface area contributed by atoms with Crippen molar-refractivity contribution in [2.45, 2.75) is 19.6 Å². The van der Waals surface area contributed by atoms with Crippen LogP contribution in [-0.4, -0.2) is 44.2 Å². The highest BCUT2D eigenvalue weighted by Crippen LogP contribution is 2.12. The molecule has 1 N–H and O–H groups in total. The topological polar surface area (TPSA) is 82.1 Å². The van der Waals surface area contributed by atoms with Crippen LogP contribution in [0.2, 0.25) is 0 Å². The molecule has 0 bridgehead atoms. The number of hydrogen-bond acceptors (Lipinski definition) is 5. The maximum atomic E-state index is 11.2. The van der Waals surface area contributed by atoms with Gasteiger partial charge < -0.3 is 19.3 Å². The van der Waals surface area contributed by atoms with Gasteiger partial charge in [-0.3, -0.25) is 9.59 Å². The average molecular weight is 220 g/mol. The third-order valence-corrected chi connectivity index (χ3v) is 1.82. The molecule has 0 aliphatic rings. The average Bonchev–Trinajstić information content (AvgIpc) is 2.19. The number of methoxy groups -OCH3 is 2. The lowest BCUT2D eigenvalue weighted by molar-refractivity contribution is -0.167. The monoisotopic (exact) mass is 220 g/mol. The third kappa shape index (κ3) is 4.75. The molecule has 0 saturated heterocycles. The third-order valence-electron chi connectivity index (χ3n) is 1.82. The molecule has 6 nitrogen and oxygen atoms in total. The van der Waals surface area contributed by atoms with Gasteiger partial charge in [-0.2, -0.15) is 0 Å². The van der Waals surface area contributed by atoms with Crippen LogP contribution < -0.4 is 0 Å².